The van der Waals surface area contributed by atoms with E-state index >= 15 is 0 Å². The van der Waals surface area contributed by atoms with Crippen LogP contribution >= 0.6 is 11.6 Å². The third-order valence-corrected chi connectivity index (χ3v) is 4.05. The minimum Gasteiger partial charge on any atom is -0.362 e. The average molecular weight is 378 g/mol. The first-order chi connectivity index (χ1) is 13.0. The summed E-state index contributed by atoms with van der Waals surface area (Å²) in [7, 11) is 0. The van der Waals surface area contributed by atoms with E-state index in [-0.39, 0.29) is 11.9 Å². The zero-order valence-corrected chi connectivity index (χ0v) is 15.2. The van der Waals surface area contributed by atoms with Crippen molar-refractivity contribution in [2.75, 3.05) is 10.6 Å². The number of rotatable bonds is 5. The number of carbonyl (C=O) groups excluding carboxylic acids is 1. The van der Waals surface area contributed by atoms with E-state index < -0.39 is 0 Å². The van der Waals surface area contributed by atoms with Crippen molar-refractivity contribution in [1.29, 1.82) is 5.26 Å². The Balaban J connectivity index is 1.73. The summed E-state index contributed by atoms with van der Waals surface area (Å²) in [6, 6.07) is 16.0. The predicted molar refractivity (Wildman–Crippen MR) is 105 cm³/mol. The molecule has 3 rings (SSSR count). The minimum absolute atomic E-state index is 0.0727. The molecule has 134 valence electrons. The molecule has 27 heavy (non-hydrogen) atoms. The van der Waals surface area contributed by atoms with Crippen LogP contribution in [0.2, 0.25) is 5.15 Å². The summed E-state index contributed by atoms with van der Waals surface area (Å²) < 4.78 is 0. The van der Waals surface area contributed by atoms with Crippen LogP contribution in [-0.4, -0.2) is 15.9 Å². The second-order valence-corrected chi connectivity index (χ2v) is 6.25. The number of hydrogen-bond acceptors (Lipinski definition) is 5. The van der Waals surface area contributed by atoms with E-state index in [2.05, 4.69) is 20.6 Å². The molecule has 2 aromatic carbocycles. The van der Waals surface area contributed by atoms with Crippen LogP contribution in [0.5, 0.6) is 0 Å². The Kier molecular flexibility index (Phi) is 5.64. The monoisotopic (exact) mass is 377 g/mol. The summed E-state index contributed by atoms with van der Waals surface area (Å²) in [5.74, 6) is 0.295. The molecule has 0 aliphatic heterocycles. The maximum atomic E-state index is 12.4. The third-order valence-electron chi connectivity index (χ3n) is 3.87. The number of anilines is 2. The van der Waals surface area contributed by atoms with Gasteiger partial charge in [0.25, 0.3) is 5.91 Å². The van der Waals surface area contributed by atoms with Crippen molar-refractivity contribution < 1.29 is 4.79 Å². The summed E-state index contributed by atoms with van der Waals surface area (Å²) in [6.45, 7) is 1.97. The molecule has 0 fully saturated rings. The lowest BCUT2D eigenvalue weighted by Crippen LogP contribution is -2.13. The van der Waals surface area contributed by atoms with Gasteiger partial charge in [0.05, 0.1) is 30.1 Å². The lowest BCUT2D eigenvalue weighted by Gasteiger charge is -2.16. The molecular weight excluding hydrogens is 362 g/mol. The molecule has 1 amide bonds. The highest BCUT2D eigenvalue weighted by atomic mass is 35.5. The SMILES string of the molecule is C[C@H](Nc1cncc(Cl)n1)c1cccc(NC(=O)c2cccc(C#N)c2)c1. The van der Waals surface area contributed by atoms with E-state index in [1.54, 1.807) is 36.5 Å². The lowest BCUT2D eigenvalue weighted by atomic mass is 10.1. The molecule has 0 aliphatic rings. The number of aromatic nitrogens is 2. The number of nitrogens with zero attached hydrogens (tertiary/aromatic N) is 3. The molecule has 1 atom stereocenters. The van der Waals surface area contributed by atoms with Gasteiger partial charge in [-0.05, 0) is 42.8 Å². The highest BCUT2D eigenvalue weighted by molar-refractivity contribution is 6.29. The predicted octanol–water partition coefficient (Wildman–Crippen LogP) is 4.43. The molecule has 0 saturated heterocycles. The van der Waals surface area contributed by atoms with Crippen LogP contribution in [0.1, 0.15) is 34.5 Å². The van der Waals surface area contributed by atoms with Crippen molar-refractivity contribution in [3.8, 4) is 6.07 Å². The minimum atomic E-state index is -0.273. The second-order valence-electron chi connectivity index (χ2n) is 5.87. The first-order valence-corrected chi connectivity index (χ1v) is 8.58. The lowest BCUT2D eigenvalue weighted by molar-refractivity contribution is 0.102. The first kappa shape index (κ1) is 18.4. The summed E-state index contributed by atoms with van der Waals surface area (Å²) in [5.41, 5.74) is 2.49. The van der Waals surface area contributed by atoms with Gasteiger partial charge in [0.2, 0.25) is 0 Å². The Hall–Kier alpha value is -3.43. The fraction of sp³-hybridized carbons (Fsp3) is 0.100. The fourth-order valence-electron chi connectivity index (χ4n) is 2.54. The number of carbonyl (C=O) groups is 1. The van der Waals surface area contributed by atoms with Crippen molar-refractivity contribution in [2.45, 2.75) is 13.0 Å². The number of benzene rings is 2. The fourth-order valence-corrected chi connectivity index (χ4v) is 2.68. The Labute approximate surface area is 161 Å². The van der Waals surface area contributed by atoms with Gasteiger partial charge in [0.15, 0.2) is 0 Å². The van der Waals surface area contributed by atoms with Gasteiger partial charge >= 0.3 is 0 Å². The molecule has 3 aromatic rings. The molecule has 7 heteroatoms. The largest absolute Gasteiger partial charge is 0.362 e. The molecule has 1 heterocycles. The van der Waals surface area contributed by atoms with Crippen molar-refractivity contribution in [3.05, 3.63) is 82.8 Å². The van der Waals surface area contributed by atoms with Crippen molar-refractivity contribution in [1.82, 2.24) is 9.97 Å². The smallest absolute Gasteiger partial charge is 0.255 e. The van der Waals surface area contributed by atoms with Crippen molar-refractivity contribution in [3.63, 3.8) is 0 Å². The molecule has 0 radical (unpaired) electrons. The van der Waals surface area contributed by atoms with E-state index in [1.807, 2.05) is 31.2 Å². The van der Waals surface area contributed by atoms with Crippen LogP contribution in [0.4, 0.5) is 11.5 Å². The van der Waals surface area contributed by atoms with Gasteiger partial charge in [-0.1, -0.05) is 29.8 Å². The van der Waals surface area contributed by atoms with E-state index in [9.17, 15) is 4.79 Å². The van der Waals surface area contributed by atoms with Crippen LogP contribution < -0.4 is 10.6 Å². The standard InChI is InChI=1S/C20H16ClN5O/c1-13(24-19-12-23-11-18(21)26-19)15-5-3-7-17(9-15)25-20(27)16-6-2-4-14(8-16)10-22/h2-9,11-13H,1H3,(H,24,26)(H,25,27)/t13-/m0/s1. The number of nitrogens with one attached hydrogen (secondary N) is 2. The topological polar surface area (TPSA) is 90.7 Å². The van der Waals surface area contributed by atoms with E-state index in [0.717, 1.165) is 5.56 Å². The Morgan fingerprint density at radius 2 is 2.00 bits per heavy atom. The van der Waals surface area contributed by atoms with Gasteiger partial charge in [-0.3, -0.25) is 9.78 Å². The van der Waals surface area contributed by atoms with Gasteiger partial charge in [0, 0.05) is 11.3 Å². The molecule has 0 saturated carbocycles. The van der Waals surface area contributed by atoms with E-state index in [4.69, 9.17) is 16.9 Å². The molecule has 2 N–H and O–H groups in total. The second kappa shape index (κ2) is 8.30. The highest BCUT2D eigenvalue weighted by Crippen LogP contribution is 2.22. The number of hydrogen-bond donors (Lipinski definition) is 2. The van der Waals surface area contributed by atoms with E-state index in [1.165, 1.54) is 6.20 Å². The molecule has 0 unspecified atom stereocenters. The quantitative estimate of drug-likeness (QED) is 0.686. The molecule has 1 aromatic heterocycles. The number of nitriles is 1. The molecule has 0 bridgehead atoms. The Morgan fingerprint density at radius 1 is 1.19 bits per heavy atom. The highest BCUT2D eigenvalue weighted by Gasteiger charge is 2.10. The van der Waals surface area contributed by atoms with Gasteiger partial charge < -0.3 is 10.6 Å². The van der Waals surface area contributed by atoms with E-state index in [0.29, 0.717) is 27.8 Å². The average Bonchev–Trinajstić information content (AvgIpc) is 2.68. The number of halogens is 1. The van der Waals surface area contributed by atoms with Crippen LogP contribution in [0.25, 0.3) is 0 Å². The summed E-state index contributed by atoms with van der Waals surface area (Å²) >= 11 is 5.86. The zero-order valence-electron chi connectivity index (χ0n) is 14.5. The van der Waals surface area contributed by atoms with Crippen LogP contribution in [0.15, 0.2) is 60.9 Å². The van der Waals surface area contributed by atoms with Gasteiger partial charge in [-0.25, -0.2) is 4.98 Å². The van der Waals surface area contributed by atoms with Crippen molar-refractivity contribution >= 4 is 29.0 Å². The summed E-state index contributed by atoms with van der Waals surface area (Å²) in [5, 5.41) is 15.3. The van der Waals surface area contributed by atoms with Crippen molar-refractivity contribution in [2.24, 2.45) is 0 Å². The Morgan fingerprint density at radius 3 is 2.78 bits per heavy atom. The molecular formula is C20H16ClN5O. The Bertz CT molecular complexity index is 1020. The molecule has 6 nitrogen and oxygen atoms in total. The summed E-state index contributed by atoms with van der Waals surface area (Å²) in [4.78, 5) is 20.6. The first-order valence-electron chi connectivity index (χ1n) is 8.21. The zero-order chi connectivity index (χ0) is 19.2. The third kappa shape index (κ3) is 4.81. The molecule has 0 spiro atoms. The van der Waals surface area contributed by atoms with Crippen LogP contribution in [0.3, 0.4) is 0 Å². The summed E-state index contributed by atoms with van der Waals surface area (Å²) in [6.07, 6.45) is 3.06. The maximum absolute atomic E-state index is 12.4. The van der Waals surface area contributed by atoms with Gasteiger partial charge in [0.1, 0.15) is 11.0 Å². The normalized spacial score (nSPS) is 11.3. The van der Waals surface area contributed by atoms with Crippen LogP contribution in [0, 0.1) is 11.3 Å². The number of amides is 1. The molecule has 0 aliphatic carbocycles. The van der Waals surface area contributed by atoms with Crippen LogP contribution in [-0.2, 0) is 0 Å². The van der Waals surface area contributed by atoms with Gasteiger partial charge in [-0.2, -0.15) is 5.26 Å². The van der Waals surface area contributed by atoms with Gasteiger partial charge in [-0.15, -0.1) is 0 Å². The maximum Gasteiger partial charge on any atom is 0.255 e.